The Kier molecular flexibility index (Phi) is 3.92. The summed E-state index contributed by atoms with van der Waals surface area (Å²) in [5.74, 6) is -21.7. The first kappa shape index (κ1) is 20.0. The predicted molar refractivity (Wildman–Crippen MR) is 36.8 cm³/mol. The zero-order valence-corrected chi connectivity index (χ0v) is 9.61. The van der Waals surface area contributed by atoms with Crippen molar-refractivity contribution in [2.24, 2.45) is 0 Å². The van der Waals surface area contributed by atoms with E-state index in [1.54, 1.807) is 0 Å². The fourth-order valence-corrected chi connectivity index (χ4v) is 1.22. The Morgan fingerprint density at radius 1 is 0.522 bits per heavy atom. The lowest BCUT2D eigenvalue weighted by Crippen LogP contribution is -2.63. The Labute approximate surface area is 114 Å². The molecule has 138 valence electrons. The molecule has 16 heteroatoms. The fourth-order valence-electron chi connectivity index (χ4n) is 1.22. The Morgan fingerprint density at radius 2 is 0.870 bits per heavy atom. The minimum Gasteiger partial charge on any atom is -0.268 e. The summed E-state index contributed by atoms with van der Waals surface area (Å²) < 4.78 is 177. The summed E-state index contributed by atoms with van der Waals surface area (Å²) in [6, 6.07) is -6.70. The molecule has 1 fully saturated rings. The zero-order chi connectivity index (χ0) is 18.9. The molecule has 0 N–H and O–H groups in total. The first-order valence-electron chi connectivity index (χ1n) is 4.71. The van der Waals surface area contributed by atoms with Crippen LogP contribution in [0.2, 0.25) is 0 Å². The van der Waals surface area contributed by atoms with Gasteiger partial charge in [0.2, 0.25) is 0 Å². The van der Waals surface area contributed by atoms with E-state index in [-0.39, 0.29) is 0 Å². The van der Waals surface area contributed by atoms with Gasteiger partial charge in [-0.05, 0) is 0 Å². The molecule has 0 aromatic carbocycles. The van der Waals surface area contributed by atoms with Crippen LogP contribution in [-0.4, -0.2) is 42.2 Å². The van der Waals surface area contributed by atoms with Gasteiger partial charge in [-0.3, -0.25) is 4.74 Å². The highest BCUT2D eigenvalue weighted by atomic mass is 19.4. The van der Waals surface area contributed by atoms with Crippen LogP contribution in [0.1, 0.15) is 0 Å². The first-order valence-corrected chi connectivity index (χ1v) is 4.71. The Morgan fingerprint density at radius 3 is 1.17 bits per heavy atom. The van der Waals surface area contributed by atoms with E-state index in [9.17, 15) is 61.5 Å². The maximum atomic E-state index is 13.3. The molecule has 0 radical (unpaired) electrons. The quantitative estimate of drug-likeness (QED) is 0.663. The van der Waals surface area contributed by atoms with Crippen molar-refractivity contribution in [3.63, 3.8) is 0 Å². The van der Waals surface area contributed by atoms with E-state index in [1.807, 2.05) is 9.47 Å². The summed E-state index contributed by atoms with van der Waals surface area (Å²) in [4.78, 5) is 0. The lowest BCUT2D eigenvalue weighted by molar-refractivity contribution is -0.463. The standard InChI is InChI=1S/C7F14O2/c8-1(9,4(13,14)15)3(12)6(19,20)23-7(21,22-3)2(10,11)5(16,17)18. The summed E-state index contributed by atoms with van der Waals surface area (Å²) in [6.45, 7) is 0. The molecule has 1 rings (SSSR count). The third-order valence-electron chi connectivity index (χ3n) is 2.40. The van der Waals surface area contributed by atoms with Crippen LogP contribution in [0.25, 0.3) is 0 Å². The molecule has 0 aromatic heterocycles. The van der Waals surface area contributed by atoms with Crippen LogP contribution < -0.4 is 0 Å². The van der Waals surface area contributed by atoms with E-state index < -0.39 is 42.2 Å². The maximum Gasteiger partial charge on any atom is 0.462 e. The number of rotatable bonds is 2. The van der Waals surface area contributed by atoms with Crippen LogP contribution >= 0.6 is 0 Å². The number of ether oxygens (including phenoxy) is 2. The molecule has 1 aliphatic heterocycles. The van der Waals surface area contributed by atoms with Crippen LogP contribution in [0, 0.1) is 0 Å². The zero-order valence-electron chi connectivity index (χ0n) is 9.61. The van der Waals surface area contributed by atoms with Crippen molar-refractivity contribution in [3.05, 3.63) is 0 Å². The number of alkyl halides is 14. The van der Waals surface area contributed by atoms with Gasteiger partial charge in [0.1, 0.15) is 0 Å². The van der Waals surface area contributed by atoms with Gasteiger partial charge in [0.05, 0.1) is 0 Å². The van der Waals surface area contributed by atoms with E-state index >= 15 is 0 Å². The van der Waals surface area contributed by atoms with Crippen molar-refractivity contribution >= 4 is 0 Å². The van der Waals surface area contributed by atoms with E-state index in [0.717, 1.165) is 0 Å². The maximum absolute atomic E-state index is 13.3. The molecule has 0 bridgehead atoms. The summed E-state index contributed by atoms with van der Waals surface area (Å²) in [6.07, 6.45) is -21.3. The molecule has 0 amide bonds. The summed E-state index contributed by atoms with van der Waals surface area (Å²) >= 11 is 0. The van der Waals surface area contributed by atoms with Gasteiger partial charge in [-0.2, -0.15) is 61.5 Å². The molecule has 2 atom stereocenters. The number of halogens is 14. The van der Waals surface area contributed by atoms with Gasteiger partial charge in [0.25, 0.3) is 0 Å². The van der Waals surface area contributed by atoms with Gasteiger partial charge in [-0.25, -0.2) is 4.74 Å². The second-order valence-electron chi connectivity index (χ2n) is 4.00. The lowest BCUT2D eigenvalue weighted by atomic mass is 10.1. The van der Waals surface area contributed by atoms with E-state index in [1.165, 1.54) is 0 Å². The van der Waals surface area contributed by atoms with Gasteiger partial charge in [-0.1, -0.05) is 0 Å². The normalized spacial score (nSPS) is 33.1. The Hall–Kier alpha value is -1.06. The highest BCUT2D eigenvalue weighted by Gasteiger charge is 2.93. The summed E-state index contributed by atoms with van der Waals surface area (Å²) in [7, 11) is 0. The van der Waals surface area contributed by atoms with Gasteiger partial charge < -0.3 is 0 Å². The molecule has 2 nitrogen and oxygen atoms in total. The summed E-state index contributed by atoms with van der Waals surface area (Å²) in [5, 5.41) is 0. The third kappa shape index (κ3) is 2.40. The largest absolute Gasteiger partial charge is 0.462 e. The van der Waals surface area contributed by atoms with Crippen LogP contribution in [0.5, 0.6) is 0 Å². The van der Waals surface area contributed by atoms with E-state index in [4.69, 9.17) is 0 Å². The molecule has 23 heavy (non-hydrogen) atoms. The molecular formula is C7F14O2. The molecular weight excluding hydrogens is 382 g/mol. The average Bonchev–Trinajstić information content (AvgIpc) is 2.43. The minimum atomic E-state index is -7.42. The van der Waals surface area contributed by atoms with E-state index in [0.29, 0.717) is 0 Å². The Balaban J connectivity index is 3.49. The minimum absolute atomic E-state index is 1.88. The average molecular weight is 382 g/mol. The highest BCUT2D eigenvalue weighted by Crippen LogP contribution is 2.63. The van der Waals surface area contributed by atoms with Crippen molar-refractivity contribution in [2.45, 2.75) is 42.2 Å². The van der Waals surface area contributed by atoms with Crippen molar-refractivity contribution in [2.75, 3.05) is 0 Å². The predicted octanol–water partition coefficient (Wildman–Crippen LogP) is 4.31. The van der Waals surface area contributed by atoms with Crippen molar-refractivity contribution in [1.82, 2.24) is 0 Å². The van der Waals surface area contributed by atoms with Gasteiger partial charge in [-0.15, -0.1) is 0 Å². The smallest absolute Gasteiger partial charge is 0.268 e. The van der Waals surface area contributed by atoms with E-state index in [2.05, 4.69) is 0 Å². The van der Waals surface area contributed by atoms with Crippen LogP contribution in [-0.2, 0) is 9.47 Å². The van der Waals surface area contributed by atoms with Gasteiger partial charge in [0.15, 0.2) is 0 Å². The second-order valence-corrected chi connectivity index (χ2v) is 4.00. The molecule has 2 unspecified atom stereocenters. The Bertz CT molecular complexity index is 478. The van der Waals surface area contributed by atoms with Crippen molar-refractivity contribution in [1.29, 1.82) is 0 Å². The van der Waals surface area contributed by atoms with Crippen LogP contribution in [0.4, 0.5) is 61.5 Å². The second kappa shape index (κ2) is 4.52. The highest BCUT2D eigenvalue weighted by molar-refractivity contribution is 5.05. The molecule has 0 saturated carbocycles. The van der Waals surface area contributed by atoms with Crippen LogP contribution in [0.15, 0.2) is 0 Å². The van der Waals surface area contributed by atoms with Gasteiger partial charge >= 0.3 is 42.2 Å². The SMILES string of the molecule is FC(F)(F)C(F)(F)C1(F)OC(F)(F)C(F)(C(F)(F)C(F)(F)F)O1. The van der Waals surface area contributed by atoms with Crippen molar-refractivity contribution < 1.29 is 70.9 Å². The molecule has 0 aromatic rings. The fraction of sp³-hybridized carbons (Fsp3) is 1.00. The van der Waals surface area contributed by atoms with Crippen LogP contribution in [0.3, 0.4) is 0 Å². The topological polar surface area (TPSA) is 18.5 Å². The van der Waals surface area contributed by atoms with Gasteiger partial charge in [0, 0.05) is 0 Å². The third-order valence-corrected chi connectivity index (χ3v) is 2.40. The monoisotopic (exact) mass is 382 g/mol. The molecule has 1 aliphatic rings. The lowest BCUT2D eigenvalue weighted by Gasteiger charge is -2.32. The molecule has 1 saturated heterocycles. The van der Waals surface area contributed by atoms with Crippen molar-refractivity contribution in [3.8, 4) is 0 Å². The molecule has 0 aliphatic carbocycles. The molecule has 0 spiro atoms. The number of hydrogen-bond acceptors (Lipinski definition) is 2. The molecule has 1 heterocycles. The first-order chi connectivity index (χ1) is 9.66. The number of hydrogen-bond donors (Lipinski definition) is 0. The summed E-state index contributed by atoms with van der Waals surface area (Å²) in [5.41, 5.74) is 0.